The van der Waals surface area contributed by atoms with Crippen LogP contribution in [-0.2, 0) is 0 Å². The molecule has 15 heavy (non-hydrogen) atoms. The van der Waals surface area contributed by atoms with Crippen LogP contribution in [0.1, 0.15) is 10.4 Å². The maximum atomic E-state index is 13.1. The Morgan fingerprint density at radius 2 is 2.27 bits per heavy atom. The Bertz CT molecular complexity index is 508. The van der Waals surface area contributed by atoms with Gasteiger partial charge in [-0.05, 0) is 17.7 Å². The second-order valence-corrected chi connectivity index (χ2v) is 2.98. The van der Waals surface area contributed by atoms with Gasteiger partial charge in [0.25, 0.3) is 0 Å². The summed E-state index contributed by atoms with van der Waals surface area (Å²) in [6.45, 7) is 0. The summed E-state index contributed by atoms with van der Waals surface area (Å²) in [4.78, 5) is 10.7. The van der Waals surface area contributed by atoms with Crippen molar-refractivity contribution < 1.29 is 14.3 Å². The lowest BCUT2D eigenvalue weighted by Crippen LogP contribution is -1.95. The van der Waals surface area contributed by atoms with Gasteiger partial charge >= 0.3 is 5.97 Å². The van der Waals surface area contributed by atoms with Crippen LogP contribution in [0, 0.1) is 5.95 Å². The highest BCUT2D eigenvalue weighted by atomic mass is 19.1. The van der Waals surface area contributed by atoms with Crippen molar-refractivity contribution >= 4 is 5.97 Å². The van der Waals surface area contributed by atoms with E-state index in [-0.39, 0.29) is 11.1 Å². The fourth-order valence-corrected chi connectivity index (χ4v) is 1.29. The Balaban J connectivity index is 2.50. The van der Waals surface area contributed by atoms with E-state index in [1.54, 1.807) is 12.1 Å². The van der Waals surface area contributed by atoms with Gasteiger partial charge in [0.15, 0.2) is 0 Å². The SMILES string of the molecule is O=C(O)c1cccc(-c2cn[nH]c2F)c1. The van der Waals surface area contributed by atoms with Crippen LogP contribution in [0.25, 0.3) is 11.1 Å². The Kier molecular flexibility index (Phi) is 2.21. The summed E-state index contributed by atoms with van der Waals surface area (Å²) in [6, 6.07) is 6.03. The molecule has 0 amide bonds. The van der Waals surface area contributed by atoms with E-state index >= 15 is 0 Å². The predicted molar refractivity (Wildman–Crippen MR) is 50.9 cm³/mol. The Hall–Kier alpha value is -2.17. The van der Waals surface area contributed by atoms with Crippen molar-refractivity contribution in [1.29, 1.82) is 0 Å². The first-order chi connectivity index (χ1) is 7.18. The molecule has 0 saturated carbocycles. The number of nitrogens with zero attached hydrogens (tertiary/aromatic N) is 1. The van der Waals surface area contributed by atoms with E-state index in [4.69, 9.17) is 5.11 Å². The summed E-state index contributed by atoms with van der Waals surface area (Å²) in [5.74, 6) is -1.61. The van der Waals surface area contributed by atoms with Crippen LogP contribution in [0.2, 0.25) is 0 Å². The van der Waals surface area contributed by atoms with Crippen LogP contribution in [0.3, 0.4) is 0 Å². The average Bonchev–Trinajstić information content (AvgIpc) is 2.64. The van der Waals surface area contributed by atoms with Crippen molar-refractivity contribution in [2.45, 2.75) is 0 Å². The minimum atomic E-state index is -1.04. The molecule has 76 valence electrons. The summed E-state index contributed by atoms with van der Waals surface area (Å²) in [6.07, 6.45) is 1.32. The molecule has 0 unspecified atom stereocenters. The van der Waals surface area contributed by atoms with Gasteiger partial charge in [-0.15, -0.1) is 0 Å². The van der Waals surface area contributed by atoms with Crippen LogP contribution >= 0.6 is 0 Å². The first-order valence-corrected chi connectivity index (χ1v) is 4.21. The van der Waals surface area contributed by atoms with Crippen molar-refractivity contribution in [1.82, 2.24) is 10.2 Å². The average molecular weight is 206 g/mol. The zero-order valence-corrected chi connectivity index (χ0v) is 7.57. The molecule has 2 rings (SSSR count). The van der Waals surface area contributed by atoms with E-state index in [2.05, 4.69) is 10.2 Å². The molecule has 1 aromatic carbocycles. The largest absolute Gasteiger partial charge is 0.478 e. The van der Waals surface area contributed by atoms with Crippen molar-refractivity contribution in [2.75, 3.05) is 0 Å². The van der Waals surface area contributed by atoms with Crippen LogP contribution in [0.4, 0.5) is 4.39 Å². The van der Waals surface area contributed by atoms with Crippen molar-refractivity contribution in [2.24, 2.45) is 0 Å². The number of carboxylic acids is 1. The number of benzene rings is 1. The lowest BCUT2D eigenvalue weighted by atomic mass is 10.1. The molecule has 0 atom stereocenters. The molecule has 1 aromatic heterocycles. The standard InChI is InChI=1S/C10H7FN2O2/c11-9-8(5-12-13-9)6-2-1-3-7(4-6)10(14)15/h1-5H,(H,12,13)(H,14,15). The molecule has 1 heterocycles. The molecular weight excluding hydrogens is 199 g/mol. The van der Waals surface area contributed by atoms with Crippen LogP contribution in [-0.4, -0.2) is 21.3 Å². The number of nitrogens with one attached hydrogen (secondary N) is 1. The van der Waals surface area contributed by atoms with Gasteiger partial charge in [-0.25, -0.2) is 4.79 Å². The first-order valence-electron chi connectivity index (χ1n) is 4.21. The number of halogens is 1. The fraction of sp³-hybridized carbons (Fsp3) is 0. The van der Waals surface area contributed by atoms with Gasteiger partial charge in [0.05, 0.1) is 17.3 Å². The summed E-state index contributed by atoms with van der Waals surface area (Å²) in [5, 5.41) is 14.4. The minimum Gasteiger partial charge on any atom is -0.478 e. The molecule has 0 aliphatic carbocycles. The highest BCUT2D eigenvalue weighted by Gasteiger charge is 2.09. The molecular formula is C10H7FN2O2. The molecule has 0 fully saturated rings. The Labute approximate surface area is 84.4 Å². The highest BCUT2D eigenvalue weighted by Crippen LogP contribution is 2.21. The number of aromatic carboxylic acids is 1. The van der Waals surface area contributed by atoms with Crippen LogP contribution < -0.4 is 0 Å². The van der Waals surface area contributed by atoms with Gasteiger partial charge in [-0.2, -0.15) is 9.49 Å². The predicted octanol–water partition coefficient (Wildman–Crippen LogP) is 1.91. The second kappa shape index (κ2) is 3.53. The van der Waals surface area contributed by atoms with Gasteiger partial charge < -0.3 is 5.11 Å². The van der Waals surface area contributed by atoms with E-state index < -0.39 is 11.9 Å². The molecule has 0 radical (unpaired) electrons. The van der Waals surface area contributed by atoms with Gasteiger partial charge in [-0.3, -0.25) is 5.10 Å². The van der Waals surface area contributed by atoms with E-state index in [9.17, 15) is 9.18 Å². The molecule has 2 N–H and O–H groups in total. The topological polar surface area (TPSA) is 66.0 Å². The lowest BCUT2D eigenvalue weighted by Gasteiger charge is -1.99. The number of hydrogen-bond acceptors (Lipinski definition) is 2. The number of aromatic nitrogens is 2. The Morgan fingerprint density at radius 3 is 2.87 bits per heavy atom. The zero-order chi connectivity index (χ0) is 10.8. The smallest absolute Gasteiger partial charge is 0.335 e. The molecule has 2 aromatic rings. The molecule has 0 saturated heterocycles. The number of carboxylic acid groups (broad SMARTS) is 1. The first kappa shape index (κ1) is 9.39. The van der Waals surface area contributed by atoms with Crippen molar-refractivity contribution in [3.8, 4) is 11.1 Å². The molecule has 0 aliphatic heterocycles. The summed E-state index contributed by atoms with van der Waals surface area (Å²) >= 11 is 0. The number of carbonyl (C=O) groups is 1. The van der Waals surface area contributed by atoms with Crippen LogP contribution in [0.15, 0.2) is 30.5 Å². The molecule has 0 spiro atoms. The minimum absolute atomic E-state index is 0.119. The van der Waals surface area contributed by atoms with E-state index in [1.165, 1.54) is 18.3 Å². The third-order valence-corrected chi connectivity index (χ3v) is 2.01. The van der Waals surface area contributed by atoms with Gasteiger partial charge in [0, 0.05) is 0 Å². The van der Waals surface area contributed by atoms with E-state index in [0.29, 0.717) is 5.56 Å². The number of rotatable bonds is 2. The van der Waals surface area contributed by atoms with E-state index in [0.717, 1.165) is 0 Å². The Morgan fingerprint density at radius 1 is 1.47 bits per heavy atom. The van der Waals surface area contributed by atoms with E-state index in [1.807, 2.05) is 0 Å². The summed E-state index contributed by atoms with van der Waals surface area (Å²) in [5.41, 5.74) is 0.868. The third kappa shape index (κ3) is 1.71. The van der Waals surface area contributed by atoms with Crippen molar-refractivity contribution in [3.63, 3.8) is 0 Å². The summed E-state index contributed by atoms with van der Waals surface area (Å²) < 4.78 is 13.1. The maximum absolute atomic E-state index is 13.1. The molecule has 0 bridgehead atoms. The highest BCUT2D eigenvalue weighted by molar-refractivity contribution is 5.89. The third-order valence-electron chi connectivity index (χ3n) is 2.01. The number of hydrogen-bond donors (Lipinski definition) is 2. The van der Waals surface area contributed by atoms with Crippen LogP contribution in [0.5, 0.6) is 0 Å². The maximum Gasteiger partial charge on any atom is 0.335 e. The second-order valence-electron chi connectivity index (χ2n) is 2.98. The molecule has 5 heteroatoms. The van der Waals surface area contributed by atoms with Gasteiger partial charge in [0.1, 0.15) is 0 Å². The fourth-order valence-electron chi connectivity index (χ4n) is 1.29. The summed E-state index contributed by atoms with van der Waals surface area (Å²) in [7, 11) is 0. The molecule has 0 aliphatic rings. The quantitative estimate of drug-likeness (QED) is 0.788. The zero-order valence-electron chi connectivity index (χ0n) is 7.57. The monoisotopic (exact) mass is 206 g/mol. The number of aromatic amines is 1. The van der Waals surface area contributed by atoms with Crippen molar-refractivity contribution in [3.05, 3.63) is 42.0 Å². The lowest BCUT2D eigenvalue weighted by molar-refractivity contribution is 0.0697. The van der Waals surface area contributed by atoms with Gasteiger partial charge in [-0.1, -0.05) is 12.1 Å². The molecule has 4 nitrogen and oxygen atoms in total. The van der Waals surface area contributed by atoms with Gasteiger partial charge in [0.2, 0.25) is 5.95 Å². The normalized spacial score (nSPS) is 10.2. The number of H-pyrrole nitrogens is 1.